The zero-order valence-corrected chi connectivity index (χ0v) is 58.0. The Balaban J connectivity index is 5.06. The molecule has 3 atom stereocenters. The Bertz CT molecular complexity index is 1640. The first-order valence-corrected chi connectivity index (χ1v) is 38.1. The van der Waals surface area contributed by atoms with Crippen LogP contribution in [0.5, 0.6) is 0 Å². The molecule has 0 aliphatic rings. The van der Waals surface area contributed by atoms with Crippen LogP contribution < -0.4 is 5.32 Å². The first-order chi connectivity index (χ1) is 41.4. The molecule has 10 heteroatoms. The van der Waals surface area contributed by atoms with E-state index in [1.54, 1.807) is 0 Å². The molecule has 0 saturated heterocycles. The molecular formula is C75H142N2O7P+. The van der Waals surface area contributed by atoms with Crippen LogP contribution in [0.1, 0.15) is 355 Å². The summed E-state index contributed by atoms with van der Waals surface area (Å²) in [4.78, 5) is 37.9. The minimum Gasteiger partial charge on any atom is -0.456 e. The molecule has 0 aliphatic heterocycles. The van der Waals surface area contributed by atoms with Gasteiger partial charge in [-0.3, -0.25) is 18.6 Å². The van der Waals surface area contributed by atoms with Gasteiger partial charge in [0.1, 0.15) is 19.3 Å². The van der Waals surface area contributed by atoms with Crippen molar-refractivity contribution in [3.05, 3.63) is 60.8 Å². The molecule has 0 aromatic rings. The number of amides is 1. The lowest BCUT2D eigenvalue weighted by atomic mass is 10.0. The number of hydrogen-bond acceptors (Lipinski definition) is 6. The minimum absolute atomic E-state index is 0.0340. The standard InChI is InChI=1S/C75H141N2O7P/c1-7-10-13-16-19-22-25-28-30-32-34-35-36-37-38-39-40-41-43-45-47-50-53-56-59-62-65-68-75(79)84-73(66-63-60-57-54-51-48-27-24-21-18-15-12-9-3)72(71-83-85(80,81)82-70-69-77(4,5)6)76-74(78)67-64-61-58-55-52-49-46-44-42-33-31-29-26-23-20-17-14-11-8-2/h20,23,29,31,42,44,49,52,63,66,72-73H,7-19,21-22,24-28,30,32-41,43,45-48,50-51,53-62,64-65,67-71H2,1-6H3,(H-,76,78,80,81)/p+1/b23-20-,31-29-,44-42-,52-49-,66-63-. The van der Waals surface area contributed by atoms with Crippen molar-refractivity contribution in [3.8, 4) is 0 Å². The lowest BCUT2D eigenvalue weighted by molar-refractivity contribution is -0.870. The minimum atomic E-state index is -4.46. The van der Waals surface area contributed by atoms with E-state index in [1.165, 1.54) is 238 Å². The molecule has 498 valence electrons. The monoisotopic (exact) mass is 1210 g/mol. The molecule has 0 bridgehead atoms. The number of phosphoric acid groups is 1. The average molecular weight is 1210 g/mol. The Morgan fingerprint density at radius 3 is 1.11 bits per heavy atom. The van der Waals surface area contributed by atoms with E-state index < -0.39 is 20.0 Å². The summed E-state index contributed by atoms with van der Waals surface area (Å²) in [5.74, 6) is -0.526. The van der Waals surface area contributed by atoms with Crippen LogP contribution in [0.3, 0.4) is 0 Å². The van der Waals surface area contributed by atoms with E-state index in [-0.39, 0.29) is 31.5 Å². The van der Waals surface area contributed by atoms with E-state index >= 15 is 0 Å². The Morgan fingerprint density at radius 2 is 0.718 bits per heavy atom. The van der Waals surface area contributed by atoms with Crippen molar-refractivity contribution in [2.24, 2.45) is 0 Å². The molecule has 85 heavy (non-hydrogen) atoms. The second kappa shape index (κ2) is 64.7. The fraction of sp³-hybridized carbons (Fsp3) is 0.840. The number of hydrogen-bond donors (Lipinski definition) is 2. The molecule has 0 spiro atoms. The smallest absolute Gasteiger partial charge is 0.456 e. The normalized spacial score (nSPS) is 13.8. The number of ether oxygens (including phenoxy) is 1. The van der Waals surface area contributed by atoms with Gasteiger partial charge in [-0.1, -0.05) is 326 Å². The topological polar surface area (TPSA) is 111 Å². The molecular weight excluding hydrogens is 1070 g/mol. The molecule has 0 aromatic heterocycles. The highest BCUT2D eigenvalue weighted by atomic mass is 31.2. The maximum Gasteiger partial charge on any atom is 0.472 e. The third kappa shape index (κ3) is 66.0. The SMILES string of the molecule is CCCCC/C=C\C/C=C\C/C=C\C/C=C\CCCCCC(=O)NC(COP(=O)(O)OCC[N+](C)(C)C)C(/C=C\CCCCCCCCCCCCC)OC(=O)CCCCCCCCCCCCCCCCCCCCCCCCCCCCC. The highest BCUT2D eigenvalue weighted by molar-refractivity contribution is 7.47. The Morgan fingerprint density at radius 1 is 0.412 bits per heavy atom. The van der Waals surface area contributed by atoms with E-state index in [9.17, 15) is 19.0 Å². The number of nitrogens with one attached hydrogen (secondary N) is 1. The summed E-state index contributed by atoms with van der Waals surface area (Å²) in [5, 5.41) is 3.06. The third-order valence-corrected chi connectivity index (χ3v) is 17.4. The molecule has 0 radical (unpaired) electrons. The van der Waals surface area contributed by atoms with Gasteiger partial charge in [-0.15, -0.1) is 0 Å². The molecule has 1 amide bonds. The fourth-order valence-electron chi connectivity index (χ4n) is 10.8. The number of rotatable bonds is 67. The highest BCUT2D eigenvalue weighted by Crippen LogP contribution is 2.43. The van der Waals surface area contributed by atoms with Gasteiger partial charge in [0.15, 0.2) is 0 Å². The maximum absolute atomic E-state index is 13.6. The molecule has 0 rings (SSSR count). The van der Waals surface area contributed by atoms with Gasteiger partial charge in [0, 0.05) is 12.8 Å². The van der Waals surface area contributed by atoms with Crippen LogP contribution in [-0.4, -0.2) is 74.3 Å². The number of esters is 1. The first-order valence-electron chi connectivity index (χ1n) is 36.6. The summed E-state index contributed by atoms with van der Waals surface area (Å²) in [6, 6.07) is -0.866. The van der Waals surface area contributed by atoms with E-state index in [2.05, 4.69) is 74.7 Å². The summed E-state index contributed by atoms with van der Waals surface area (Å²) in [7, 11) is 1.48. The van der Waals surface area contributed by atoms with E-state index in [4.69, 9.17) is 13.8 Å². The van der Waals surface area contributed by atoms with Gasteiger partial charge in [0.25, 0.3) is 0 Å². The zero-order chi connectivity index (χ0) is 62.1. The predicted octanol–water partition coefficient (Wildman–Crippen LogP) is 23.3. The quantitative estimate of drug-likeness (QED) is 0.0205. The van der Waals surface area contributed by atoms with Gasteiger partial charge in [0.05, 0.1) is 33.8 Å². The molecule has 2 N–H and O–H groups in total. The number of quaternary nitrogens is 1. The Labute approximate surface area is 528 Å². The summed E-state index contributed by atoms with van der Waals surface area (Å²) >= 11 is 0. The van der Waals surface area contributed by atoms with Gasteiger partial charge in [-0.2, -0.15) is 0 Å². The number of carbonyl (C=O) groups excluding carboxylic acids is 2. The van der Waals surface area contributed by atoms with Crippen LogP contribution in [0.4, 0.5) is 0 Å². The lowest BCUT2D eigenvalue weighted by Gasteiger charge is -2.27. The number of likely N-dealkylation sites (N-methyl/N-ethyl adjacent to an activating group) is 1. The van der Waals surface area contributed by atoms with Gasteiger partial charge < -0.3 is 19.4 Å². The van der Waals surface area contributed by atoms with Crippen molar-refractivity contribution in [2.75, 3.05) is 40.9 Å². The molecule has 0 aromatic carbocycles. The molecule has 9 nitrogen and oxygen atoms in total. The Hall–Kier alpha value is -2.29. The Kier molecular flexibility index (Phi) is 62.9. The van der Waals surface area contributed by atoms with E-state index in [0.717, 1.165) is 77.0 Å². The summed E-state index contributed by atoms with van der Waals surface area (Å²) in [5.41, 5.74) is 0. The predicted molar refractivity (Wildman–Crippen MR) is 369 cm³/mol. The van der Waals surface area contributed by atoms with Gasteiger partial charge in [-0.05, 0) is 76.7 Å². The van der Waals surface area contributed by atoms with Crippen molar-refractivity contribution in [1.82, 2.24) is 5.32 Å². The van der Waals surface area contributed by atoms with Crippen LogP contribution in [0, 0.1) is 0 Å². The zero-order valence-electron chi connectivity index (χ0n) is 57.1. The summed E-state index contributed by atoms with van der Waals surface area (Å²) < 4.78 is 30.8. The van der Waals surface area contributed by atoms with Crippen LogP contribution in [-0.2, 0) is 27.9 Å². The van der Waals surface area contributed by atoms with Gasteiger partial charge in [-0.25, -0.2) is 4.57 Å². The number of allylic oxidation sites excluding steroid dienone is 9. The number of unbranched alkanes of at least 4 members (excludes halogenated alkanes) is 43. The number of nitrogens with zero attached hydrogens (tertiary/aromatic N) is 1. The first kappa shape index (κ1) is 82.7. The lowest BCUT2D eigenvalue weighted by Crippen LogP contribution is -2.47. The van der Waals surface area contributed by atoms with Crippen molar-refractivity contribution < 1.29 is 37.3 Å². The van der Waals surface area contributed by atoms with E-state index in [0.29, 0.717) is 23.9 Å². The van der Waals surface area contributed by atoms with Crippen LogP contribution in [0.2, 0.25) is 0 Å². The van der Waals surface area contributed by atoms with Gasteiger partial charge in [0.2, 0.25) is 5.91 Å². The molecule has 3 unspecified atom stereocenters. The summed E-state index contributed by atoms with van der Waals surface area (Å²) in [6.07, 6.45) is 83.9. The van der Waals surface area contributed by atoms with Crippen LogP contribution >= 0.6 is 7.82 Å². The molecule has 0 saturated carbocycles. The van der Waals surface area contributed by atoms with Crippen LogP contribution in [0.15, 0.2) is 60.8 Å². The molecule has 0 aliphatic carbocycles. The van der Waals surface area contributed by atoms with E-state index in [1.807, 2.05) is 33.3 Å². The van der Waals surface area contributed by atoms with Crippen molar-refractivity contribution in [3.63, 3.8) is 0 Å². The highest BCUT2D eigenvalue weighted by Gasteiger charge is 2.30. The largest absolute Gasteiger partial charge is 0.472 e. The van der Waals surface area contributed by atoms with Crippen molar-refractivity contribution >= 4 is 19.7 Å². The van der Waals surface area contributed by atoms with Crippen molar-refractivity contribution in [1.29, 1.82) is 0 Å². The maximum atomic E-state index is 13.6. The molecule has 0 fully saturated rings. The molecule has 0 heterocycles. The fourth-order valence-corrected chi connectivity index (χ4v) is 11.5. The second-order valence-corrected chi connectivity index (χ2v) is 27.6. The number of carbonyl (C=O) groups is 2. The van der Waals surface area contributed by atoms with Crippen molar-refractivity contribution in [2.45, 2.75) is 367 Å². The summed E-state index contributed by atoms with van der Waals surface area (Å²) in [6.45, 7) is 7.01. The van der Waals surface area contributed by atoms with Gasteiger partial charge >= 0.3 is 13.8 Å². The second-order valence-electron chi connectivity index (χ2n) is 26.1. The average Bonchev–Trinajstić information content (AvgIpc) is 3.50. The third-order valence-electron chi connectivity index (χ3n) is 16.5. The van der Waals surface area contributed by atoms with Crippen LogP contribution in [0.25, 0.3) is 0 Å². The number of phosphoric ester groups is 1.